The van der Waals surface area contributed by atoms with Gasteiger partial charge in [0.25, 0.3) is 0 Å². The Morgan fingerprint density at radius 1 is 1.14 bits per heavy atom. The molecule has 1 heterocycles. The van der Waals surface area contributed by atoms with Crippen LogP contribution >= 0.6 is 0 Å². The van der Waals surface area contributed by atoms with Crippen LogP contribution in [-0.2, 0) is 20.1 Å². The van der Waals surface area contributed by atoms with Gasteiger partial charge in [0.15, 0.2) is 5.96 Å². The number of imidazole rings is 1. The molecular formula is C22H29N5O. The second-order valence-corrected chi connectivity index (χ2v) is 6.81. The summed E-state index contributed by atoms with van der Waals surface area (Å²) in [5.41, 5.74) is 4.44. The summed E-state index contributed by atoms with van der Waals surface area (Å²) < 4.78 is 8.00. The molecule has 0 aliphatic heterocycles. The van der Waals surface area contributed by atoms with E-state index in [0.29, 0.717) is 13.1 Å². The number of para-hydroxylation sites is 2. The number of hydrogen-bond donors (Lipinski definition) is 2. The smallest absolute Gasteiger partial charge is 0.191 e. The average molecular weight is 380 g/mol. The van der Waals surface area contributed by atoms with E-state index in [0.717, 1.165) is 47.2 Å². The summed E-state index contributed by atoms with van der Waals surface area (Å²) in [7, 11) is 3.81. The standard InChI is InChI=1S/C22H29N5O/c1-5-12-28-20-13-16(2)10-11-17(20)14-24-22(23-3)25-15-21-26-18-8-6-7-9-19(18)27(21)4/h6-11,13H,5,12,14-15H2,1-4H3,(H2,23,24,25). The maximum atomic E-state index is 5.90. The topological polar surface area (TPSA) is 63.5 Å². The third-order valence-corrected chi connectivity index (χ3v) is 4.65. The van der Waals surface area contributed by atoms with Crippen molar-refractivity contribution in [1.29, 1.82) is 0 Å². The molecule has 0 saturated heterocycles. The van der Waals surface area contributed by atoms with E-state index in [2.05, 4.69) is 58.3 Å². The van der Waals surface area contributed by atoms with Crippen LogP contribution in [0.4, 0.5) is 0 Å². The maximum absolute atomic E-state index is 5.90. The molecule has 0 atom stereocenters. The lowest BCUT2D eigenvalue weighted by molar-refractivity contribution is 0.313. The van der Waals surface area contributed by atoms with Gasteiger partial charge in [-0.05, 0) is 37.1 Å². The number of ether oxygens (including phenoxy) is 1. The number of aromatic nitrogens is 2. The molecule has 0 bridgehead atoms. The van der Waals surface area contributed by atoms with Crippen LogP contribution in [0.3, 0.4) is 0 Å². The number of fused-ring (bicyclic) bond motifs is 1. The van der Waals surface area contributed by atoms with Crippen LogP contribution in [0.1, 0.15) is 30.3 Å². The van der Waals surface area contributed by atoms with E-state index < -0.39 is 0 Å². The van der Waals surface area contributed by atoms with Crippen LogP contribution in [0.25, 0.3) is 11.0 Å². The molecule has 148 valence electrons. The van der Waals surface area contributed by atoms with E-state index >= 15 is 0 Å². The monoisotopic (exact) mass is 379 g/mol. The Morgan fingerprint density at radius 3 is 2.68 bits per heavy atom. The van der Waals surface area contributed by atoms with Gasteiger partial charge in [0, 0.05) is 26.2 Å². The number of nitrogens with zero attached hydrogens (tertiary/aromatic N) is 3. The zero-order valence-electron chi connectivity index (χ0n) is 17.1. The number of benzene rings is 2. The highest BCUT2D eigenvalue weighted by atomic mass is 16.5. The number of hydrogen-bond acceptors (Lipinski definition) is 3. The molecular weight excluding hydrogens is 350 g/mol. The highest BCUT2D eigenvalue weighted by Crippen LogP contribution is 2.20. The van der Waals surface area contributed by atoms with Crippen molar-refractivity contribution < 1.29 is 4.74 Å². The molecule has 0 spiro atoms. The first-order valence-electron chi connectivity index (χ1n) is 9.69. The average Bonchev–Trinajstić information content (AvgIpc) is 3.03. The Bertz CT molecular complexity index is 961. The fourth-order valence-corrected chi connectivity index (χ4v) is 3.07. The van der Waals surface area contributed by atoms with E-state index in [1.165, 1.54) is 5.56 Å². The van der Waals surface area contributed by atoms with E-state index in [1.54, 1.807) is 7.05 Å². The van der Waals surface area contributed by atoms with Gasteiger partial charge >= 0.3 is 0 Å². The molecule has 1 aromatic heterocycles. The molecule has 0 amide bonds. The molecule has 28 heavy (non-hydrogen) atoms. The van der Waals surface area contributed by atoms with Gasteiger partial charge in [-0.25, -0.2) is 4.98 Å². The molecule has 0 saturated carbocycles. The SMILES string of the molecule is CCCOc1cc(C)ccc1CNC(=NC)NCc1nc2ccccc2n1C. The largest absolute Gasteiger partial charge is 0.493 e. The predicted octanol–water partition coefficient (Wildman–Crippen LogP) is 3.54. The third-order valence-electron chi connectivity index (χ3n) is 4.65. The molecule has 0 unspecified atom stereocenters. The van der Waals surface area contributed by atoms with Gasteiger partial charge in [-0.3, -0.25) is 4.99 Å². The zero-order valence-corrected chi connectivity index (χ0v) is 17.1. The van der Waals surface area contributed by atoms with Crippen molar-refractivity contribution >= 4 is 17.0 Å². The molecule has 0 radical (unpaired) electrons. The fraction of sp³-hybridized carbons (Fsp3) is 0.364. The van der Waals surface area contributed by atoms with Gasteiger partial charge in [0.1, 0.15) is 11.6 Å². The second-order valence-electron chi connectivity index (χ2n) is 6.81. The summed E-state index contributed by atoms with van der Waals surface area (Å²) in [5, 5.41) is 6.71. The summed E-state index contributed by atoms with van der Waals surface area (Å²) >= 11 is 0. The highest BCUT2D eigenvalue weighted by molar-refractivity contribution is 5.80. The molecule has 2 aromatic carbocycles. The van der Waals surface area contributed by atoms with Crippen LogP contribution in [0.2, 0.25) is 0 Å². The Hall–Kier alpha value is -3.02. The minimum absolute atomic E-state index is 0.595. The molecule has 3 rings (SSSR count). The minimum Gasteiger partial charge on any atom is -0.493 e. The van der Waals surface area contributed by atoms with Crippen molar-refractivity contribution in [2.24, 2.45) is 12.0 Å². The van der Waals surface area contributed by atoms with Gasteiger partial charge in [0.05, 0.1) is 24.2 Å². The Balaban J connectivity index is 1.63. The Morgan fingerprint density at radius 2 is 1.93 bits per heavy atom. The molecule has 3 aromatic rings. The van der Waals surface area contributed by atoms with Crippen molar-refractivity contribution in [1.82, 2.24) is 20.2 Å². The summed E-state index contributed by atoms with van der Waals surface area (Å²) in [6, 6.07) is 14.4. The molecule has 6 nitrogen and oxygen atoms in total. The Kier molecular flexibility index (Phi) is 6.53. The van der Waals surface area contributed by atoms with E-state index in [-0.39, 0.29) is 0 Å². The first-order chi connectivity index (χ1) is 13.6. The molecule has 0 aliphatic rings. The Labute approximate surface area is 166 Å². The van der Waals surface area contributed by atoms with Gasteiger partial charge in [-0.1, -0.05) is 31.2 Å². The van der Waals surface area contributed by atoms with Gasteiger partial charge in [-0.2, -0.15) is 0 Å². The van der Waals surface area contributed by atoms with Crippen molar-refractivity contribution in [2.45, 2.75) is 33.4 Å². The summed E-state index contributed by atoms with van der Waals surface area (Å²) in [6.07, 6.45) is 0.988. The highest BCUT2D eigenvalue weighted by Gasteiger charge is 2.09. The van der Waals surface area contributed by atoms with Gasteiger partial charge < -0.3 is 19.9 Å². The van der Waals surface area contributed by atoms with Crippen molar-refractivity contribution in [2.75, 3.05) is 13.7 Å². The van der Waals surface area contributed by atoms with Gasteiger partial charge in [-0.15, -0.1) is 0 Å². The van der Waals surface area contributed by atoms with E-state index in [1.807, 2.05) is 25.2 Å². The van der Waals surface area contributed by atoms with Crippen LogP contribution in [0.15, 0.2) is 47.5 Å². The maximum Gasteiger partial charge on any atom is 0.191 e. The van der Waals surface area contributed by atoms with Crippen LogP contribution in [0, 0.1) is 6.92 Å². The lowest BCUT2D eigenvalue weighted by Gasteiger charge is -2.15. The molecule has 6 heteroatoms. The molecule has 0 fully saturated rings. The first-order valence-corrected chi connectivity index (χ1v) is 9.69. The van der Waals surface area contributed by atoms with Crippen molar-refractivity contribution in [3.8, 4) is 5.75 Å². The predicted molar refractivity (Wildman–Crippen MR) is 115 cm³/mol. The van der Waals surface area contributed by atoms with Crippen molar-refractivity contribution in [3.05, 3.63) is 59.4 Å². The second kappa shape index (κ2) is 9.26. The van der Waals surface area contributed by atoms with Crippen LogP contribution < -0.4 is 15.4 Å². The fourth-order valence-electron chi connectivity index (χ4n) is 3.07. The number of nitrogens with one attached hydrogen (secondary N) is 2. The first kappa shape index (κ1) is 19.7. The number of aryl methyl sites for hydroxylation is 2. The van der Waals surface area contributed by atoms with E-state index in [9.17, 15) is 0 Å². The number of guanidine groups is 1. The summed E-state index contributed by atoms with van der Waals surface area (Å²) in [4.78, 5) is 9.02. The normalized spacial score (nSPS) is 11.6. The third kappa shape index (κ3) is 4.63. The molecule has 0 aliphatic carbocycles. The van der Waals surface area contributed by atoms with Crippen LogP contribution in [-0.4, -0.2) is 29.2 Å². The quantitative estimate of drug-likeness (QED) is 0.487. The zero-order chi connectivity index (χ0) is 19.9. The summed E-state index contributed by atoms with van der Waals surface area (Å²) in [6.45, 7) is 6.14. The minimum atomic E-state index is 0.595. The number of aliphatic imine (C=N–C) groups is 1. The van der Waals surface area contributed by atoms with E-state index in [4.69, 9.17) is 9.72 Å². The summed E-state index contributed by atoms with van der Waals surface area (Å²) in [5.74, 6) is 2.63. The number of rotatable bonds is 7. The lowest BCUT2D eigenvalue weighted by atomic mass is 10.1. The van der Waals surface area contributed by atoms with Crippen molar-refractivity contribution in [3.63, 3.8) is 0 Å². The van der Waals surface area contributed by atoms with Gasteiger partial charge in [0.2, 0.25) is 0 Å². The lowest BCUT2D eigenvalue weighted by Crippen LogP contribution is -2.37. The molecule has 2 N–H and O–H groups in total. The van der Waals surface area contributed by atoms with Crippen LogP contribution in [0.5, 0.6) is 5.75 Å².